The first kappa shape index (κ1) is 17.5. The van der Waals surface area contributed by atoms with E-state index >= 15 is 0 Å². The predicted octanol–water partition coefficient (Wildman–Crippen LogP) is 2.87. The summed E-state index contributed by atoms with van der Waals surface area (Å²) in [7, 11) is 0. The highest BCUT2D eigenvalue weighted by Crippen LogP contribution is 2.24. The molecule has 1 aromatic heterocycles. The van der Waals surface area contributed by atoms with Gasteiger partial charge in [-0.2, -0.15) is 0 Å². The van der Waals surface area contributed by atoms with E-state index in [0.29, 0.717) is 19.6 Å². The van der Waals surface area contributed by atoms with E-state index in [-0.39, 0.29) is 18.2 Å². The van der Waals surface area contributed by atoms with E-state index in [1.165, 1.54) is 0 Å². The van der Waals surface area contributed by atoms with Crippen LogP contribution in [0.15, 0.2) is 18.3 Å². The number of urea groups is 1. The Labute approximate surface area is 148 Å². The van der Waals surface area contributed by atoms with Crippen LogP contribution in [0.25, 0.3) is 0 Å². The van der Waals surface area contributed by atoms with Crippen molar-refractivity contribution in [2.75, 3.05) is 25.0 Å². The molecule has 1 saturated heterocycles. The number of rotatable bonds is 1. The lowest BCUT2D eigenvalue weighted by molar-refractivity contribution is 0.0167. The summed E-state index contributed by atoms with van der Waals surface area (Å²) in [4.78, 5) is 32.7. The largest absolute Gasteiger partial charge is 0.444 e. The quantitative estimate of drug-likeness (QED) is 0.848. The van der Waals surface area contributed by atoms with Crippen molar-refractivity contribution in [3.05, 3.63) is 24.0 Å². The third-order valence-electron chi connectivity index (χ3n) is 4.54. The smallest absolute Gasteiger partial charge is 0.410 e. The molecule has 7 nitrogen and oxygen atoms in total. The molecule has 2 aliphatic rings. The zero-order chi connectivity index (χ0) is 18.0. The molecule has 3 amide bonds. The Bertz CT molecular complexity index is 648. The van der Waals surface area contributed by atoms with Crippen molar-refractivity contribution in [2.24, 2.45) is 0 Å². The van der Waals surface area contributed by atoms with E-state index in [0.717, 1.165) is 30.6 Å². The van der Waals surface area contributed by atoms with Crippen LogP contribution in [-0.4, -0.2) is 58.2 Å². The summed E-state index contributed by atoms with van der Waals surface area (Å²) < 4.78 is 5.43. The predicted molar refractivity (Wildman–Crippen MR) is 94.5 cm³/mol. The Morgan fingerprint density at radius 1 is 1.28 bits per heavy atom. The topological polar surface area (TPSA) is 74.8 Å². The van der Waals surface area contributed by atoms with Crippen LogP contribution in [-0.2, 0) is 11.2 Å². The van der Waals surface area contributed by atoms with Gasteiger partial charge in [-0.15, -0.1) is 0 Å². The molecule has 0 atom stereocenters. The molecular weight excluding hydrogens is 320 g/mol. The third-order valence-corrected chi connectivity index (χ3v) is 4.54. The van der Waals surface area contributed by atoms with Gasteiger partial charge in [0.1, 0.15) is 5.60 Å². The highest BCUT2D eigenvalue weighted by Gasteiger charge is 2.32. The summed E-state index contributed by atoms with van der Waals surface area (Å²) in [6, 6.07) is 3.76. The van der Waals surface area contributed by atoms with Crippen molar-refractivity contribution in [3.8, 4) is 0 Å². The lowest BCUT2D eigenvalue weighted by atomic mass is 10.0. The van der Waals surface area contributed by atoms with Crippen LogP contribution in [0.4, 0.5) is 15.3 Å². The number of aromatic nitrogens is 1. The maximum atomic E-state index is 12.6. The number of carbonyl (C=O) groups is 2. The van der Waals surface area contributed by atoms with Gasteiger partial charge in [0.2, 0.25) is 0 Å². The summed E-state index contributed by atoms with van der Waals surface area (Å²) >= 11 is 0. The monoisotopic (exact) mass is 346 g/mol. The molecule has 0 unspecified atom stereocenters. The van der Waals surface area contributed by atoms with Crippen molar-refractivity contribution < 1.29 is 14.3 Å². The first-order chi connectivity index (χ1) is 11.8. The van der Waals surface area contributed by atoms with Gasteiger partial charge in [-0.25, -0.2) is 9.59 Å². The number of amides is 3. The van der Waals surface area contributed by atoms with Crippen molar-refractivity contribution in [3.63, 3.8) is 0 Å². The van der Waals surface area contributed by atoms with Gasteiger partial charge in [0, 0.05) is 38.3 Å². The number of ether oxygens (including phenoxy) is 1. The van der Waals surface area contributed by atoms with E-state index < -0.39 is 5.60 Å². The van der Waals surface area contributed by atoms with Crippen LogP contribution in [0.2, 0.25) is 0 Å². The molecule has 0 saturated carbocycles. The lowest BCUT2D eigenvalue weighted by Crippen LogP contribution is -2.50. The SMILES string of the molecule is CC(C)(C)OC(=O)N1CCC(N2CCc3ncccc3NC2=O)CC1. The second-order valence-electron chi connectivity index (χ2n) is 7.57. The molecule has 0 radical (unpaired) electrons. The zero-order valence-electron chi connectivity index (χ0n) is 15.1. The van der Waals surface area contributed by atoms with Gasteiger partial charge in [0.15, 0.2) is 0 Å². The normalized spacial score (nSPS) is 19.1. The number of hydrogen-bond acceptors (Lipinski definition) is 4. The van der Waals surface area contributed by atoms with E-state index in [1.807, 2.05) is 37.8 Å². The molecule has 0 aromatic carbocycles. The standard InChI is InChI=1S/C18H26N4O3/c1-18(2,3)25-17(24)21-10-6-13(7-11-21)22-12-8-14-15(20-16(22)23)5-4-9-19-14/h4-5,9,13H,6-8,10-12H2,1-3H3,(H,20,23). The molecule has 0 aliphatic carbocycles. The molecule has 0 bridgehead atoms. The summed E-state index contributed by atoms with van der Waals surface area (Å²) in [6.45, 7) is 7.46. The molecule has 1 N–H and O–H groups in total. The second kappa shape index (κ2) is 6.90. The number of hydrogen-bond donors (Lipinski definition) is 1. The zero-order valence-corrected chi connectivity index (χ0v) is 15.1. The number of nitrogens with one attached hydrogen (secondary N) is 1. The number of carbonyl (C=O) groups excluding carboxylic acids is 2. The Hall–Kier alpha value is -2.31. The number of pyridine rings is 1. The first-order valence-corrected chi connectivity index (χ1v) is 8.83. The third kappa shape index (κ3) is 4.21. The number of fused-ring (bicyclic) bond motifs is 1. The summed E-state index contributed by atoms with van der Waals surface area (Å²) in [5.74, 6) is 0. The van der Waals surface area contributed by atoms with Gasteiger partial charge in [0.05, 0.1) is 11.4 Å². The number of likely N-dealkylation sites (tertiary alicyclic amines) is 1. The fraction of sp³-hybridized carbons (Fsp3) is 0.611. The van der Waals surface area contributed by atoms with Gasteiger partial charge in [-0.3, -0.25) is 4.98 Å². The summed E-state index contributed by atoms with van der Waals surface area (Å²) in [5, 5.41) is 2.95. The Balaban J connectivity index is 1.58. The van der Waals surface area contributed by atoms with Crippen LogP contribution in [0.5, 0.6) is 0 Å². The Morgan fingerprint density at radius 3 is 2.68 bits per heavy atom. The first-order valence-electron chi connectivity index (χ1n) is 8.83. The van der Waals surface area contributed by atoms with Crippen LogP contribution < -0.4 is 5.32 Å². The van der Waals surface area contributed by atoms with Crippen LogP contribution in [0.3, 0.4) is 0 Å². The highest BCUT2D eigenvalue weighted by molar-refractivity contribution is 5.90. The maximum absolute atomic E-state index is 12.6. The molecule has 2 aliphatic heterocycles. The molecular formula is C18H26N4O3. The molecule has 1 fully saturated rings. The lowest BCUT2D eigenvalue weighted by Gasteiger charge is -2.38. The molecule has 136 valence electrons. The van der Waals surface area contributed by atoms with Gasteiger partial charge < -0.3 is 19.9 Å². The van der Waals surface area contributed by atoms with Crippen molar-refractivity contribution >= 4 is 17.8 Å². The Kier molecular flexibility index (Phi) is 4.83. The minimum absolute atomic E-state index is 0.0810. The maximum Gasteiger partial charge on any atom is 0.410 e. The van der Waals surface area contributed by atoms with Crippen LogP contribution in [0.1, 0.15) is 39.3 Å². The second-order valence-corrected chi connectivity index (χ2v) is 7.57. The molecule has 0 spiro atoms. The molecule has 7 heteroatoms. The average Bonchev–Trinajstić information content (AvgIpc) is 2.71. The fourth-order valence-electron chi connectivity index (χ4n) is 3.30. The minimum atomic E-state index is -0.489. The molecule has 1 aromatic rings. The van der Waals surface area contributed by atoms with Crippen molar-refractivity contribution in [2.45, 2.75) is 51.7 Å². The summed E-state index contributed by atoms with van der Waals surface area (Å²) in [6.07, 6.45) is 3.73. The van der Waals surface area contributed by atoms with Gasteiger partial charge in [0.25, 0.3) is 0 Å². The van der Waals surface area contributed by atoms with Crippen molar-refractivity contribution in [1.29, 1.82) is 0 Å². The summed E-state index contributed by atoms with van der Waals surface area (Å²) in [5.41, 5.74) is 1.22. The fourth-order valence-corrected chi connectivity index (χ4v) is 3.30. The van der Waals surface area contributed by atoms with Crippen LogP contribution >= 0.6 is 0 Å². The van der Waals surface area contributed by atoms with E-state index in [4.69, 9.17) is 4.74 Å². The number of nitrogens with zero attached hydrogens (tertiary/aromatic N) is 3. The number of piperidine rings is 1. The minimum Gasteiger partial charge on any atom is -0.444 e. The highest BCUT2D eigenvalue weighted by atomic mass is 16.6. The van der Waals surface area contributed by atoms with Crippen molar-refractivity contribution in [1.82, 2.24) is 14.8 Å². The van der Waals surface area contributed by atoms with Gasteiger partial charge >= 0.3 is 12.1 Å². The van der Waals surface area contributed by atoms with Crippen LogP contribution in [0, 0.1) is 0 Å². The molecule has 3 heterocycles. The van der Waals surface area contributed by atoms with E-state index in [1.54, 1.807) is 11.1 Å². The Morgan fingerprint density at radius 2 is 2.00 bits per heavy atom. The molecule has 3 rings (SSSR count). The number of anilines is 1. The average molecular weight is 346 g/mol. The van der Waals surface area contributed by atoms with E-state index in [2.05, 4.69) is 10.3 Å². The van der Waals surface area contributed by atoms with Gasteiger partial charge in [-0.05, 0) is 45.7 Å². The van der Waals surface area contributed by atoms with Gasteiger partial charge in [-0.1, -0.05) is 0 Å². The molecule has 25 heavy (non-hydrogen) atoms. The van der Waals surface area contributed by atoms with E-state index in [9.17, 15) is 9.59 Å².